The van der Waals surface area contributed by atoms with E-state index in [1.807, 2.05) is 13.8 Å². The minimum absolute atomic E-state index is 0.194. The fraction of sp³-hybridized carbons (Fsp3) is 0.400. The highest BCUT2D eigenvalue weighted by Gasteiger charge is 2.13. The Balaban J connectivity index is 3.30. The second kappa shape index (κ2) is 3.88. The minimum Gasteiger partial charge on any atom is -0.507 e. The smallest absolute Gasteiger partial charge is 0.127 e. The van der Waals surface area contributed by atoms with Crippen molar-refractivity contribution < 1.29 is 9.84 Å². The summed E-state index contributed by atoms with van der Waals surface area (Å²) in [6, 6.07) is 3.23. The van der Waals surface area contributed by atoms with Crippen LogP contribution in [-0.2, 0) is 0 Å². The van der Waals surface area contributed by atoms with E-state index < -0.39 is 0 Å². The van der Waals surface area contributed by atoms with E-state index in [0.717, 1.165) is 5.56 Å². The van der Waals surface area contributed by atoms with Gasteiger partial charge in [0.2, 0.25) is 0 Å². The first kappa shape index (κ1) is 10.2. The van der Waals surface area contributed by atoms with Gasteiger partial charge in [-0.3, -0.25) is 0 Å². The van der Waals surface area contributed by atoms with Gasteiger partial charge >= 0.3 is 0 Å². The van der Waals surface area contributed by atoms with Crippen LogP contribution in [0, 0.1) is 0 Å². The molecule has 0 aliphatic carbocycles. The van der Waals surface area contributed by atoms with Gasteiger partial charge in [0, 0.05) is 10.6 Å². The van der Waals surface area contributed by atoms with E-state index in [2.05, 4.69) is 0 Å². The number of phenolic OH excluding ortho intramolecular Hbond substituents is 1. The molecule has 0 atom stereocenters. The molecular weight excluding hydrogens is 188 g/mol. The largest absolute Gasteiger partial charge is 0.507 e. The summed E-state index contributed by atoms with van der Waals surface area (Å²) in [6.45, 7) is 3.98. The van der Waals surface area contributed by atoms with Crippen LogP contribution >= 0.6 is 11.6 Å². The summed E-state index contributed by atoms with van der Waals surface area (Å²) in [5.74, 6) is 1.05. The first-order valence-corrected chi connectivity index (χ1v) is 4.50. The zero-order valence-electron chi connectivity index (χ0n) is 7.97. The number of rotatable bonds is 2. The lowest BCUT2D eigenvalue weighted by molar-refractivity contribution is 0.396. The molecule has 3 heteroatoms. The molecule has 0 spiro atoms. The molecule has 13 heavy (non-hydrogen) atoms. The van der Waals surface area contributed by atoms with Crippen LogP contribution in [-0.4, -0.2) is 12.2 Å². The summed E-state index contributed by atoms with van der Waals surface area (Å²) in [4.78, 5) is 0. The molecule has 0 bridgehead atoms. The lowest BCUT2D eigenvalue weighted by Gasteiger charge is -2.13. The van der Waals surface area contributed by atoms with Gasteiger partial charge in [0.05, 0.1) is 7.11 Å². The molecule has 0 fully saturated rings. The van der Waals surface area contributed by atoms with Crippen molar-refractivity contribution in [1.29, 1.82) is 0 Å². The molecule has 0 heterocycles. The number of hydrogen-bond donors (Lipinski definition) is 1. The molecule has 0 unspecified atom stereocenters. The van der Waals surface area contributed by atoms with Crippen molar-refractivity contribution in [3.63, 3.8) is 0 Å². The van der Waals surface area contributed by atoms with E-state index in [-0.39, 0.29) is 11.7 Å². The van der Waals surface area contributed by atoms with Crippen molar-refractivity contribution in [3.8, 4) is 11.5 Å². The van der Waals surface area contributed by atoms with Crippen LogP contribution in [0.15, 0.2) is 12.1 Å². The fourth-order valence-corrected chi connectivity index (χ4v) is 1.53. The monoisotopic (exact) mass is 200 g/mol. The number of phenols is 1. The molecule has 1 rings (SSSR count). The summed E-state index contributed by atoms with van der Waals surface area (Å²) in [5, 5.41) is 10.1. The molecule has 0 aliphatic heterocycles. The van der Waals surface area contributed by atoms with Gasteiger partial charge in [-0.1, -0.05) is 25.4 Å². The number of benzene rings is 1. The third-order valence-electron chi connectivity index (χ3n) is 1.88. The van der Waals surface area contributed by atoms with E-state index in [1.165, 1.54) is 6.07 Å². The minimum atomic E-state index is 0.194. The second-order valence-electron chi connectivity index (χ2n) is 3.20. The summed E-state index contributed by atoms with van der Waals surface area (Å²) in [7, 11) is 1.57. The molecule has 0 aromatic heterocycles. The van der Waals surface area contributed by atoms with E-state index in [9.17, 15) is 5.11 Å². The zero-order chi connectivity index (χ0) is 10.0. The number of methoxy groups -OCH3 is 1. The molecule has 0 saturated heterocycles. The summed E-state index contributed by atoms with van der Waals surface area (Å²) < 4.78 is 5.12. The van der Waals surface area contributed by atoms with Gasteiger partial charge in [-0.05, 0) is 18.1 Å². The Bertz CT molecular complexity index is 308. The number of ether oxygens (including phenoxy) is 1. The Morgan fingerprint density at radius 2 is 2.00 bits per heavy atom. The first-order chi connectivity index (χ1) is 6.06. The van der Waals surface area contributed by atoms with Gasteiger partial charge in [0.15, 0.2) is 0 Å². The second-order valence-corrected chi connectivity index (χ2v) is 3.63. The number of hydrogen-bond acceptors (Lipinski definition) is 2. The summed E-state index contributed by atoms with van der Waals surface area (Å²) >= 11 is 5.77. The standard InChI is InChI=1S/C10H13ClO2/c1-6(2)10-8(12)4-7(11)5-9(10)13-3/h4-6,12H,1-3H3. The van der Waals surface area contributed by atoms with Crippen LogP contribution < -0.4 is 4.74 Å². The number of halogens is 1. The third-order valence-corrected chi connectivity index (χ3v) is 2.10. The Labute approximate surface area is 83.1 Å². The normalized spacial score (nSPS) is 10.5. The van der Waals surface area contributed by atoms with Crippen LogP contribution in [0.5, 0.6) is 11.5 Å². The molecule has 0 amide bonds. The van der Waals surface area contributed by atoms with Crippen LogP contribution in [0.4, 0.5) is 0 Å². The van der Waals surface area contributed by atoms with Gasteiger partial charge in [-0.2, -0.15) is 0 Å². The lowest BCUT2D eigenvalue weighted by Crippen LogP contribution is -1.94. The highest BCUT2D eigenvalue weighted by molar-refractivity contribution is 6.30. The topological polar surface area (TPSA) is 29.5 Å². The van der Waals surface area contributed by atoms with E-state index in [4.69, 9.17) is 16.3 Å². The molecule has 2 nitrogen and oxygen atoms in total. The third kappa shape index (κ3) is 2.07. The van der Waals surface area contributed by atoms with Crippen molar-refractivity contribution in [2.45, 2.75) is 19.8 Å². The quantitative estimate of drug-likeness (QED) is 0.795. The van der Waals surface area contributed by atoms with E-state index in [0.29, 0.717) is 10.8 Å². The van der Waals surface area contributed by atoms with Gasteiger partial charge in [-0.15, -0.1) is 0 Å². The highest BCUT2D eigenvalue weighted by atomic mass is 35.5. The first-order valence-electron chi connectivity index (χ1n) is 4.12. The van der Waals surface area contributed by atoms with Crippen LogP contribution in [0.1, 0.15) is 25.3 Å². The average molecular weight is 201 g/mol. The predicted octanol–water partition coefficient (Wildman–Crippen LogP) is 3.18. The van der Waals surface area contributed by atoms with Crippen molar-refractivity contribution in [3.05, 3.63) is 22.7 Å². The number of aromatic hydroxyl groups is 1. The maximum Gasteiger partial charge on any atom is 0.127 e. The molecule has 0 radical (unpaired) electrons. The van der Waals surface area contributed by atoms with Crippen molar-refractivity contribution in [2.24, 2.45) is 0 Å². The van der Waals surface area contributed by atoms with E-state index >= 15 is 0 Å². The maximum atomic E-state index is 9.61. The fourth-order valence-electron chi connectivity index (χ4n) is 1.33. The van der Waals surface area contributed by atoms with Crippen molar-refractivity contribution in [2.75, 3.05) is 7.11 Å². The molecule has 0 aliphatic rings. The van der Waals surface area contributed by atoms with Gasteiger partial charge in [0.1, 0.15) is 11.5 Å². The van der Waals surface area contributed by atoms with Gasteiger partial charge in [0.25, 0.3) is 0 Å². The van der Waals surface area contributed by atoms with Crippen LogP contribution in [0.25, 0.3) is 0 Å². The van der Waals surface area contributed by atoms with Crippen LogP contribution in [0.3, 0.4) is 0 Å². The molecular formula is C10H13ClO2. The lowest BCUT2D eigenvalue weighted by atomic mass is 10.0. The Kier molecular flexibility index (Phi) is 3.04. The van der Waals surface area contributed by atoms with E-state index in [1.54, 1.807) is 13.2 Å². The molecule has 0 saturated carbocycles. The Hall–Kier alpha value is -0.890. The highest BCUT2D eigenvalue weighted by Crippen LogP contribution is 2.36. The van der Waals surface area contributed by atoms with Crippen molar-refractivity contribution in [1.82, 2.24) is 0 Å². The van der Waals surface area contributed by atoms with Crippen LogP contribution in [0.2, 0.25) is 5.02 Å². The maximum absolute atomic E-state index is 9.61. The molecule has 1 aromatic rings. The predicted molar refractivity (Wildman–Crippen MR) is 53.8 cm³/mol. The van der Waals surface area contributed by atoms with Gasteiger partial charge in [-0.25, -0.2) is 0 Å². The Morgan fingerprint density at radius 3 is 2.46 bits per heavy atom. The van der Waals surface area contributed by atoms with Gasteiger partial charge < -0.3 is 9.84 Å². The Morgan fingerprint density at radius 1 is 1.38 bits per heavy atom. The zero-order valence-corrected chi connectivity index (χ0v) is 8.72. The summed E-state index contributed by atoms with van der Waals surface area (Å²) in [6.07, 6.45) is 0. The molecule has 1 aromatic carbocycles. The summed E-state index contributed by atoms with van der Waals surface area (Å²) in [5.41, 5.74) is 0.798. The SMILES string of the molecule is COc1cc(Cl)cc(O)c1C(C)C. The average Bonchev–Trinajstić information content (AvgIpc) is 2.01. The molecule has 72 valence electrons. The molecule has 1 N–H and O–H groups in total. The van der Waals surface area contributed by atoms with Crippen molar-refractivity contribution >= 4 is 11.6 Å².